The Kier molecular flexibility index (Phi) is 2.94. The number of nitrogens with zero attached hydrogens (tertiary/aromatic N) is 4. The Morgan fingerprint density at radius 2 is 1.75 bits per heavy atom. The highest BCUT2D eigenvalue weighted by atomic mass is 19.4. The van der Waals surface area contributed by atoms with Gasteiger partial charge < -0.3 is 0 Å². The fourth-order valence-corrected chi connectivity index (χ4v) is 2.81. The van der Waals surface area contributed by atoms with Gasteiger partial charge in [0, 0.05) is 18.0 Å². The molecule has 1 aliphatic carbocycles. The Labute approximate surface area is 135 Å². The summed E-state index contributed by atoms with van der Waals surface area (Å²) in [5.41, 5.74) is 2.00. The number of fused-ring (bicyclic) bond motifs is 1. The summed E-state index contributed by atoms with van der Waals surface area (Å²) in [4.78, 5) is 7.45. The van der Waals surface area contributed by atoms with Crippen LogP contribution in [0, 0.1) is 11.3 Å². The number of imidazole rings is 1. The Hall–Kier alpha value is -2.88. The molecule has 1 fully saturated rings. The van der Waals surface area contributed by atoms with Gasteiger partial charge >= 0.3 is 6.18 Å². The topological polar surface area (TPSA) is 54.0 Å². The lowest BCUT2D eigenvalue weighted by Crippen LogP contribution is -2.11. The van der Waals surface area contributed by atoms with Gasteiger partial charge in [-0.15, -0.1) is 0 Å². The summed E-state index contributed by atoms with van der Waals surface area (Å²) in [7, 11) is 0. The van der Waals surface area contributed by atoms with E-state index in [2.05, 4.69) is 16.0 Å². The van der Waals surface area contributed by atoms with Crippen molar-refractivity contribution < 1.29 is 13.2 Å². The molecule has 2 aromatic heterocycles. The molecule has 0 unspecified atom stereocenters. The molecular weight excluding hydrogens is 317 g/mol. The van der Waals surface area contributed by atoms with Gasteiger partial charge in [0.2, 0.25) is 5.82 Å². The van der Waals surface area contributed by atoms with Gasteiger partial charge in [-0.1, -0.05) is 24.3 Å². The number of alkyl halides is 3. The predicted octanol–water partition coefficient (Wildman–Crippen LogP) is 3.97. The molecule has 0 amide bonds. The summed E-state index contributed by atoms with van der Waals surface area (Å²) in [5, 5.41) is 9.22. The number of hydrogen-bond donors (Lipinski definition) is 0. The Morgan fingerprint density at radius 3 is 2.33 bits per heavy atom. The monoisotopic (exact) mass is 328 g/mol. The third kappa shape index (κ3) is 2.22. The van der Waals surface area contributed by atoms with Crippen molar-refractivity contribution in [3.05, 3.63) is 54.2 Å². The van der Waals surface area contributed by atoms with Crippen molar-refractivity contribution in [2.75, 3.05) is 0 Å². The van der Waals surface area contributed by atoms with E-state index in [1.54, 1.807) is 12.1 Å². The summed E-state index contributed by atoms with van der Waals surface area (Å²) in [5.74, 6) is -0.995. The SMILES string of the molecule is N#CC1(c2ccc(-c3cnc4cnc(C(F)(F)F)n4c3)cc2)CC1. The molecular formula is C17H11F3N4. The van der Waals surface area contributed by atoms with E-state index < -0.39 is 12.0 Å². The second-order valence-corrected chi connectivity index (χ2v) is 5.92. The highest BCUT2D eigenvalue weighted by Gasteiger charge is 2.44. The van der Waals surface area contributed by atoms with Crippen molar-refractivity contribution in [3.63, 3.8) is 0 Å². The highest BCUT2D eigenvalue weighted by Crippen LogP contribution is 2.47. The summed E-state index contributed by atoms with van der Waals surface area (Å²) < 4.78 is 39.9. The zero-order valence-corrected chi connectivity index (χ0v) is 12.4. The van der Waals surface area contributed by atoms with E-state index in [0.29, 0.717) is 5.56 Å². The van der Waals surface area contributed by atoms with Crippen molar-refractivity contribution in [1.82, 2.24) is 14.4 Å². The summed E-state index contributed by atoms with van der Waals surface area (Å²) >= 11 is 0. The second kappa shape index (κ2) is 4.81. The standard InChI is InChI=1S/C17H11F3N4/c18-17(19,20)15-23-8-14-22-7-12(9-24(14)15)11-1-3-13(4-2-11)16(10-21)5-6-16/h1-4,7-9H,5-6H2. The molecule has 0 spiro atoms. The van der Waals surface area contributed by atoms with Gasteiger partial charge in [-0.2, -0.15) is 18.4 Å². The summed E-state index contributed by atoms with van der Waals surface area (Å²) in [6.45, 7) is 0. The van der Waals surface area contributed by atoms with Gasteiger partial charge in [-0.3, -0.25) is 4.40 Å². The van der Waals surface area contributed by atoms with Gasteiger partial charge in [-0.05, 0) is 24.0 Å². The molecule has 4 nitrogen and oxygen atoms in total. The molecule has 0 aliphatic heterocycles. The molecule has 0 radical (unpaired) electrons. The van der Waals surface area contributed by atoms with Crippen molar-refractivity contribution in [2.45, 2.75) is 24.4 Å². The van der Waals surface area contributed by atoms with E-state index in [1.807, 2.05) is 12.1 Å². The van der Waals surface area contributed by atoms with Crippen LogP contribution in [0.4, 0.5) is 13.2 Å². The van der Waals surface area contributed by atoms with Crippen LogP contribution < -0.4 is 0 Å². The van der Waals surface area contributed by atoms with Crippen LogP contribution in [-0.4, -0.2) is 14.4 Å². The molecule has 1 saturated carbocycles. The van der Waals surface area contributed by atoms with Crippen LogP contribution in [0.2, 0.25) is 0 Å². The average molecular weight is 328 g/mol. The summed E-state index contributed by atoms with van der Waals surface area (Å²) in [6.07, 6.45) is 1.15. The minimum absolute atomic E-state index is 0.143. The number of hydrogen-bond acceptors (Lipinski definition) is 3. The molecule has 0 bridgehead atoms. The van der Waals surface area contributed by atoms with Crippen molar-refractivity contribution in [2.24, 2.45) is 0 Å². The molecule has 2 heterocycles. The molecule has 24 heavy (non-hydrogen) atoms. The van der Waals surface area contributed by atoms with E-state index in [4.69, 9.17) is 0 Å². The van der Waals surface area contributed by atoms with Crippen molar-refractivity contribution in [1.29, 1.82) is 5.26 Å². The van der Waals surface area contributed by atoms with Gasteiger partial charge in [0.05, 0.1) is 17.7 Å². The van der Waals surface area contributed by atoms with E-state index >= 15 is 0 Å². The Balaban J connectivity index is 1.75. The zero-order valence-electron chi connectivity index (χ0n) is 12.4. The lowest BCUT2D eigenvalue weighted by molar-refractivity contribution is -0.145. The van der Waals surface area contributed by atoms with Crippen LogP contribution in [0.5, 0.6) is 0 Å². The number of aromatic nitrogens is 3. The molecule has 0 atom stereocenters. The van der Waals surface area contributed by atoms with Gasteiger partial charge in [0.1, 0.15) is 0 Å². The molecule has 7 heteroatoms. The molecule has 0 N–H and O–H groups in total. The minimum Gasteiger partial charge on any atom is -0.280 e. The number of nitriles is 1. The van der Waals surface area contributed by atoms with Crippen LogP contribution >= 0.6 is 0 Å². The molecule has 3 aromatic rings. The quantitative estimate of drug-likeness (QED) is 0.715. The molecule has 1 aromatic carbocycles. The average Bonchev–Trinajstić information content (AvgIpc) is 3.25. The third-order valence-corrected chi connectivity index (χ3v) is 4.37. The second-order valence-electron chi connectivity index (χ2n) is 5.92. The fraction of sp³-hybridized carbons (Fsp3) is 0.235. The van der Waals surface area contributed by atoms with E-state index in [0.717, 1.165) is 34.6 Å². The van der Waals surface area contributed by atoms with Crippen LogP contribution in [0.3, 0.4) is 0 Å². The maximum Gasteiger partial charge on any atom is 0.450 e. The Morgan fingerprint density at radius 1 is 1.04 bits per heavy atom. The maximum absolute atomic E-state index is 13.0. The van der Waals surface area contributed by atoms with Gasteiger partial charge in [0.15, 0.2) is 5.65 Å². The van der Waals surface area contributed by atoms with Crippen LogP contribution in [0.15, 0.2) is 42.9 Å². The first kappa shape index (κ1) is 14.7. The first-order chi connectivity index (χ1) is 11.4. The van der Waals surface area contributed by atoms with Crippen LogP contribution in [-0.2, 0) is 11.6 Å². The highest BCUT2D eigenvalue weighted by molar-refractivity contribution is 5.64. The van der Waals surface area contributed by atoms with E-state index in [1.165, 1.54) is 12.4 Å². The van der Waals surface area contributed by atoms with Crippen LogP contribution in [0.25, 0.3) is 16.8 Å². The molecule has 1 aliphatic rings. The largest absolute Gasteiger partial charge is 0.450 e. The van der Waals surface area contributed by atoms with E-state index in [-0.39, 0.29) is 11.1 Å². The van der Waals surface area contributed by atoms with Crippen LogP contribution in [0.1, 0.15) is 24.2 Å². The lowest BCUT2D eigenvalue weighted by Gasteiger charge is -2.09. The first-order valence-electron chi connectivity index (χ1n) is 7.35. The molecule has 4 rings (SSSR count). The van der Waals surface area contributed by atoms with Crippen molar-refractivity contribution >= 4 is 5.65 Å². The third-order valence-electron chi connectivity index (χ3n) is 4.37. The minimum atomic E-state index is -4.54. The zero-order chi connectivity index (χ0) is 16.9. The van der Waals surface area contributed by atoms with Gasteiger partial charge in [0.25, 0.3) is 0 Å². The lowest BCUT2D eigenvalue weighted by atomic mass is 9.95. The normalized spacial score (nSPS) is 16.1. The number of benzene rings is 1. The van der Waals surface area contributed by atoms with Gasteiger partial charge in [-0.25, -0.2) is 9.97 Å². The maximum atomic E-state index is 13.0. The smallest absolute Gasteiger partial charge is 0.280 e. The Bertz CT molecular complexity index is 960. The van der Waals surface area contributed by atoms with E-state index in [9.17, 15) is 18.4 Å². The fourth-order valence-electron chi connectivity index (χ4n) is 2.81. The number of halogens is 3. The summed E-state index contributed by atoms with van der Waals surface area (Å²) in [6, 6.07) is 9.64. The first-order valence-corrected chi connectivity index (χ1v) is 7.35. The predicted molar refractivity (Wildman–Crippen MR) is 80.0 cm³/mol. The number of rotatable bonds is 2. The molecule has 0 saturated heterocycles. The van der Waals surface area contributed by atoms with Crippen molar-refractivity contribution in [3.8, 4) is 17.2 Å². The molecule has 120 valence electrons.